The van der Waals surface area contributed by atoms with Crippen molar-refractivity contribution in [2.24, 2.45) is 0 Å². The van der Waals surface area contributed by atoms with Crippen molar-refractivity contribution in [1.82, 2.24) is 15.0 Å². The highest BCUT2D eigenvalue weighted by Gasteiger charge is 2.30. The van der Waals surface area contributed by atoms with Gasteiger partial charge in [-0.3, -0.25) is 0 Å². The second kappa shape index (κ2) is 10.5. The van der Waals surface area contributed by atoms with Crippen LogP contribution in [-0.2, 0) is 0 Å². The minimum absolute atomic E-state index is 0.123. The van der Waals surface area contributed by atoms with E-state index in [1.54, 1.807) is 55.6 Å². The highest BCUT2D eigenvalue weighted by Crippen LogP contribution is 2.25. The van der Waals surface area contributed by atoms with Gasteiger partial charge in [0.2, 0.25) is 11.8 Å². The fourth-order valence-electron chi connectivity index (χ4n) is 3.04. The van der Waals surface area contributed by atoms with Crippen molar-refractivity contribution in [3.05, 3.63) is 89.7 Å². The van der Waals surface area contributed by atoms with Crippen LogP contribution < -0.4 is 14.8 Å². The number of halogens is 3. The maximum Gasteiger partial charge on any atom is 0.573 e. The van der Waals surface area contributed by atoms with E-state index in [1.165, 1.54) is 24.3 Å². The Morgan fingerprint density at radius 2 is 1.47 bits per heavy atom. The highest BCUT2D eigenvalue weighted by molar-refractivity contribution is 5.61. The minimum Gasteiger partial charge on any atom is -0.497 e. The number of benzene rings is 3. The van der Waals surface area contributed by atoms with Gasteiger partial charge in [-0.15, -0.1) is 13.2 Å². The monoisotopic (exact) mass is 487 g/mol. The molecule has 1 N–H and O–H groups in total. The second-order valence-electron chi connectivity index (χ2n) is 7.14. The molecule has 4 aromatic rings. The summed E-state index contributed by atoms with van der Waals surface area (Å²) in [5.41, 5.74) is 2.01. The largest absolute Gasteiger partial charge is 0.573 e. The molecule has 0 aliphatic carbocycles. The molecule has 0 saturated heterocycles. The lowest BCUT2D eigenvalue weighted by Gasteiger charge is -2.10. The zero-order chi connectivity index (χ0) is 25.5. The predicted octanol–water partition coefficient (Wildman–Crippen LogP) is 5.46. The van der Waals surface area contributed by atoms with Crippen LogP contribution in [0.4, 0.5) is 24.8 Å². The van der Waals surface area contributed by atoms with Crippen LogP contribution in [-0.4, -0.2) is 28.4 Å². The first-order valence-electron chi connectivity index (χ1n) is 10.4. The van der Waals surface area contributed by atoms with E-state index in [0.29, 0.717) is 34.0 Å². The van der Waals surface area contributed by atoms with Crippen molar-refractivity contribution in [2.45, 2.75) is 6.36 Å². The molecule has 36 heavy (non-hydrogen) atoms. The van der Waals surface area contributed by atoms with Crippen molar-refractivity contribution in [1.29, 1.82) is 5.26 Å². The van der Waals surface area contributed by atoms with Crippen LogP contribution in [0.2, 0.25) is 0 Å². The van der Waals surface area contributed by atoms with Crippen LogP contribution in [0, 0.1) is 23.2 Å². The third-order valence-corrected chi connectivity index (χ3v) is 4.68. The molecule has 0 fully saturated rings. The van der Waals surface area contributed by atoms with Gasteiger partial charge in [-0.05, 0) is 66.6 Å². The fraction of sp³-hybridized carbons (Fsp3) is 0.0769. The second-order valence-corrected chi connectivity index (χ2v) is 7.14. The van der Waals surface area contributed by atoms with Crippen LogP contribution in [0.5, 0.6) is 11.5 Å². The molecule has 0 aliphatic rings. The summed E-state index contributed by atoms with van der Waals surface area (Å²) in [7, 11) is 1.55. The smallest absolute Gasteiger partial charge is 0.497 e. The van der Waals surface area contributed by atoms with Gasteiger partial charge in [-0.25, -0.2) is 4.98 Å². The van der Waals surface area contributed by atoms with Crippen LogP contribution in [0.25, 0.3) is 11.4 Å². The Morgan fingerprint density at radius 3 is 2.11 bits per heavy atom. The summed E-state index contributed by atoms with van der Waals surface area (Å²) >= 11 is 0. The van der Waals surface area contributed by atoms with Gasteiger partial charge in [0.25, 0.3) is 0 Å². The number of nitrogens with one attached hydrogen (secondary N) is 1. The lowest BCUT2D eigenvalue weighted by Crippen LogP contribution is -2.17. The molecule has 0 aliphatic heterocycles. The summed E-state index contributed by atoms with van der Waals surface area (Å²) in [6.07, 6.45) is -4.78. The molecule has 4 rings (SSSR count). The Morgan fingerprint density at radius 1 is 0.806 bits per heavy atom. The van der Waals surface area contributed by atoms with E-state index >= 15 is 0 Å². The van der Waals surface area contributed by atoms with Gasteiger partial charge in [-0.2, -0.15) is 15.2 Å². The molecule has 0 saturated carbocycles. The summed E-state index contributed by atoms with van der Waals surface area (Å²) < 4.78 is 46.4. The van der Waals surface area contributed by atoms with E-state index < -0.39 is 6.36 Å². The normalized spacial score (nSPS) is 10.5. The number of aromatic nitrogens is 3. The molecule has 10 heteroatoms. The molecule has 0 atom stereocenters. The third-order valence-electron chi connectivity index (χ3n) is 4.68. The first kappa shape index (κ1) is 24.0. The average Bonchev–Trinajstić information content (AvgIpc) is 2.88. The summed E-state index contributed by atoms with van der Waals surface area (Å²) in [6, 6.07) is 21.1. The Balaban J connectivity index is 1.69. The van der Waals surface area contributed by atoms with Gasteiger partial charge in [0.1, 0.15) is 17.6 Å². The first-order chi connectivity index (χ1) is 17.3. The quantitative estimate of drug-likeness (QED) is 0.374. The van der Waals surface area contributed by atoms with E-state index in [-0.39, 0.29) is 17.5 Å². The van der Waals surface area contributed by atoms with Gasteiger partial charge in [0.15, 0.2) is 5.82 Å². The van der Waals surface area contributed by atoms with Gasteiger partial charge >= 0.3 is 6.36 Å². The molecule has 1 heterocycles. The van der Waals surface area contributed by atoms with Gasteiger partial charge in [0.05, 0.1) is 12.7 Å². The number of nitriles is 1. The first-order valence-corrected chi connectivity index (χ1v) is 10.4. The van der Waals surface area contributed by atoms with Crippen LogP contribution in [0.3, 0.4) is 0 Å². The van der Waals surface area contributed by atoms with Crippen molar-refractivity contribution < 1.29 is 22.6 Å². The lowest BCUT2D eigenvalue weighted by molar-refractivity contribution is -0.274. The summed E-state index contributed by atoms with van der Waals surface area (Å²) in [6.45, 7) is 0. The van der Waals surface area contributed by atoms with Crippen LogP contribution in [0.15, 0.2) is 72.8 Å². The molecular weight excluding hydrogens is 471 g/mol. The maximum atomic E-state index is 12.4. The predicted molar refractivity (Wildman–Crippen MR) is 125 cm³/mol. The van der Waals surface area contributed by atoms with Gasteiger partial charge < -0.3 is 14.8 Å². The standard InChI is InChI=1S/C26H16F3N5O2/c1-35-21-11-6-18(7-12-21)24-32-23(15-8-17-4-2-3-5-19(17)16-30)33-25(34-24)31-20-9-13-22(14-10-20)36-26(27,28)29/h2-7,9-14H,1H3,(H,31,32,33,34). The zero-order valence-electron chi connectivity index (χ0n) is 18.7. The topological polar surface area (TPSA) is 93.0 Å². The Hall–Kier alpha value is -5.09. The molecule has 0 bridgehead atoms. The molecule has 1 aromatic heterocycles. The SMILES string of the molecule is COc1ccc(-c2nc(C#Cc3ccccc3C#N)nc(Nc3ccc(OC(F)(F)F)cc3)n2)cc1. The summed E-state index contributed by atoms with van der Waals surface area (Å²) in [4.78, 5) is 13.2. The molecule has 0 unspecified atom stereocenters. The average molecular weight is 487 g/mol. The van der Waals surface area contributed by atoms with Crippen molar-refractivity contribution in [2.75, 3.05) is 12.4 Å². The number of anilines is 2. The van der Waals surface area contributed by atoms with Gasteiger partial charge in [-0.1, -0.05) is 18.1 Å². The zero-order valence-corrected chi connectivity index (χ0v) is 18.7. The molecular formula is C26H16F3N5O2. The molecule has 0 spiro atoms. The van der Waals surface area contributed by atoms with E-state index in [4.69, 9.17) is 4.74 Å². The molecule has 3 aromatic carbocycles. The van der Waals surface area contributed by atoms with E-state index in [0.717, 1.165) is 0 Å². The Bertz CT molecular complexity index is 1470. The van der Waals surface area contributed by atoms with Crippen molar-refractivity contribution >= 4 is 11.6 Å². The van der Waals surface area contributed by atoms with Crippen LogP contribution >= 0.6 is 0 Å². The summed E-state index contributed by atoms with van der Waals surface area (Å²) in [5, 5.41) is 12.2. The van der Waals surface area contributed by atoms with Crippen LogP contribution in [0.1, 0.15) is 17.0 Å². The molecule has 0 radical (unpaired) electrons. The van der Waals surface area contributed by atoms with Crippen molar-refractivity contribution in [3.63, 3.8) is 0 Å². The number of rotatable bonds is 5. The number of ether oxygens (including phenoxy) is 2. The lowest BCUT2D eigenvalue weighted by atomic mass is 10.1. The Kier molecular flexibility index (Phi) is 6.98. The molecule has 178 valence electrons. The number of hydrogen-bond donors (Lipinski definition) is 1. The third kappa shape index (κ3) is 6.27. The minimum atomic E-state index is -4.78. The van der Waals surface area contributed by atoms with Crippen molar-refractivity contribution in [3.8, 4) is 40.8 Å². The summed E-state index contributed by atoms with van der Waals surface area (Å²) in [5.74, 6) is 6.62. The molecule has 7 nitrogen and oxygen atoms in total. The number of alkyl halides is 3. The number of hydrogen-bond acceptors (Lipinski definition) is 7. The molecule has 0 amide bonds. The van der Waals surface area contributed by atoms with E-state index in [1.807, 2.05) is 0 Å². The Labute approximate surface area is 204 Å². The highest BCUT2D eigenvalue weighted by atomic mass is 19.4. The van der Waals surface area contributed by atoms with E-state index in [2.05, 4.69) is 42.9 Å². The fourth-order valence-corrected chi connectivity index (χ4v) is 3.04. The van der Waals surface area contributed by atoms with Gasteiger partial charge in [0, 0.05) is 16.8 Å². The number of methoxy groups -OCH3 is 1. The maximum absolute atomic E-state index is 12.4. The van der Waals surface area contributed by atoms with E-state index in [9.17, 15) is 18.4 Å². The number of nitrogens with zero attached hydrogens (tertiary/aromatic N) is 4.